The fourth-order valence-corrected chi connectivity index (χ4v) is 2.30. The number of benzene rings is 2. The zero-order chi connectivity index (χ0) is 13.0. The summed E-state index contributed by atoms with van der Waals surface area (Å²) in [5, 5.41) is 0.766. The van der Waals surface area contributed by atoms with E-state index < -0.39 is 0 Å². The second-order valence-corrected chi connectivity index (χ2v) is 4.95. The van der Waals surface area contributed by atoms with Gasteiger partial charge in [0.15, 0.2) is 0 Å². The van der Waals surface area contributed by atoms with Crippen LogP contribution in [0.25, 0.3) is 0 Å². The molecule has 0 aliphatic rings. The zero-order valence-corrected chi connectivity index (χ0v) is 11.7. The Bertz CT molecular complexity index is 508. The molecule has 0 radical (unpaired) electrons. The first-order chi connectivity index (χ1) is 8.70. The Morgan fingerprint density at radius 2 is 1.67 bits per heavy atom. The van der Waals surface area contributed by atoms with Crippen LogP contribution in [0, 0.1) is 0 Å². The minimum Gasteiger partial charge on any atom is -0.370 e. The number of rotatable bonds is 4. The highest BCUT2D eigenvalue weighted by atomic mass is 35.5. The SMILES string of the molecule is CN(Cc1ccc(Cl)cc1)c1ccccc1CCl. The molecule has 2 aromatic carbocycles. The van der Waals surface area contributed by atoms with E-state index >= 15 is 0 Å². The topological polar surface area (TPSA) is 3.24 Å². The number of halogens is 2. The summed E-state index contributed by atoms with van der Waals surface area (Å²) in [6, 6.07) is 16.1. The van der Waals surface area contributed by atoms with E-state index in [2.05, 4.69) is 24.1 Å². The fourth-order valence-electron chi connectivity index (χ4n) is 1.95. The van der Waals surface area contributed by atoms with Gasteiger partial charge in [-0.3, -0.25) is 0 Å². The number of hydrogen-bond acceptors (Lipinski definition) is 1. The van der Waals surface area contributed by atoms with Crippen molar-refractivity contribution in [3.63, 3.8) is 0 Å². The van der Waals surface area contributed by atoms with E-state index in [1.165, 1.54) is 11.3 Å². The molecule has 18 heavy (non-hydrogen) atoms. The average Bonchev–Trinajstić information content (AvgIpc) is 2.41. The van der Waals surface area contributed by atoms with Gasteiger partial charge in [-0.2, -0.15) is 0 Å². The van der Waals surface area contributed by atoms with E-state index in [1.807, 2.05) is 36.4 Å². The van der Waals surface area contributed by atoms with E-state index in [1.54, 1.807) is 0 Å². The molecule has 1 nitrogen and oxygen atoms in total. The van der Waals surface area contributed by atoms with Crippen molar-refractivity contribution in [1.82, 2.24) is 0 Å². The predicted molar refractivity (Wildman–Crippen MR) is 79.6 cm³/mol. The molecular formula is C15H15Cl2N. The number of alkyl halides is 1. The maximum atomic E-state index is 5.96. The summed E-state index contributed by atoms with van der Waals surface area (Å²) in [7, 11) is 2.07. The lowest BCUT2D eigenvalue weighted by atomic mass is 10.1. The van der Waals surface area contributed by atoms with E-state index in [0.29, 0.717) is 5.88 Å². The molecule has 0 fully saturated rings. The first-order valence-electron chi connectivity index (χ1n) is 5.80. The van der Waals surface area contributed by atoms with Crippen molar-refractivity contribution in [2.24, 2.45) is 0 Å². The van der Waals surface area contributed by atoms with Gasteiger partial charge in [0.25, 0.3) is 0 Å². The molecule has 0 aliphatic carbocycles. The van der Waals surface area contributed by atoms with E-state index in [0.717, 1.165) is 17.1 Å². The summed E-state index contributed by atoms with van der Waals surface area (Å²) in [5.74, 6) is 0.529. The van der Waals surface area contributed by atoms with Gasteiger partial charge in [-0.25, -0.2) is 0 Å². The van der Waals surface area contributed by atoms with Crippen LogP contribution in [0.5, 0.6) is 0 Å². The second kappa shape index (κ2) is 6.12. The first-order valence-corrected chi connectivity index (χ1v) is 6.71. The Balaban J connectivity index is 2.16. The molecule has 0 spiro atoms. The van der Waals surface area contributed by atoms with Crippen molar-refractivity contribution >= 4 is 28.9 Å². The molecule has 0 aliphatic heterocycles. The summed E-state index contributed by atoms with van der Waals surface area (Å²) >= 11 is 11.8. The molecule has 0 bridgehead atoms. The summed E-state index contributed by atoms with van der Waals surface area (Å²) in [5.41, 5.74) is 3.55. The number of nitrogens with zero attached hydrogens (tertiary/aromatic N) is 1. The highest BCUT2D eigenvalue weighted by Crippen LogP contribution is 2.22. The third-order valence-electron chi connectivity index (χ3n) is 2.88. The van der Waals surface area contributed by atoms with E-state index in [9.17, 15) is 0 Å². The molecule has 0 amide bonds. The van der Waals surface area contributed by atoms with Crippen molar-refractivity contribution < 1.29 is 0 Å². The van der Waals surface area contributed by atoms with Gasteiger partial charge in [-0.05, 0) is 29.3 Å². The van der Waals surface area contributed by atoms with Gasteiger partial charge in [0, 0.05) is 30.2 Å². The molecule has 2 rings (SSSR count). The minimum atomic E-state index is 0.529. The van der Waals surface area contributed by atoms with Crippen molar-refractivity contribution in [2.75, 3.05) is 11.9 Å². The summed E-state index contributed by atoms with van der Waals surface area (Å²) in [6.45, 7) is 0.838. The smallest absolute Gasteiger partial charge is 0.0494 e. The first kappa shape index (κ1) is 13.3. The predicted octanol–water partition coefficient (Wildman–Crippen LogP) is 4.72. The van der Waals surface area contributed by atoms with Crippen molar-refractivity contribution in [1.29, 1.82) is 0 Å². The molecule has 94 valence electrons. The molecule has 2 aromatic rings. The summed E-state index contributed by atoms with van der Waals surface area (Å²) in [4.78, 5) is 2.20. The third kappa shape index (κ3) is 3.18. The Hall–Kier alpha value is -1.18. The summed E-state index contributed by atoms with van der Waals surface area (Å²) < 4.78 is 0. The lowest BCUT2D eigenvalue weighted by Gasteiger charge is -2.22. The highest BCUT2D eigenvalue weighted by Gasteiger charge is 2.06. The molecule has 0 unspecified atom stereocenters. The van der Waals surface area contributed by atoms with Gasteiger partial charge in [-0.15, -0.1) is 11.6 Å². The van der Waals surface area contributed by atoms with Crippen LogP contribution in [0.2, 0.25) is 5.02 Å². The quantitative estimate of drug-likeness (QED) is 0.733. The Morgan fingerprint density at radius 3 is 2.33 bits per heavy atom. The lowest BCUT2D eigenvalue weighted by molar-refractivity contribution is 0.916. The molecule has 3 heteroatoms. The van der Waals surface area contributed by atoms with Crippen LogP contribution in [0.1, 0.15) is 11.1 Å². The Morgan fingerprint density at radius 1 is 1.00 bits per heavy atom. The van der Waals surface area contributed by atoms with Gasteiger partial charge in [-0.1, -0.05) is 41.9 Å². The number of anilines is 1. The van der Waals surface area contributed by atoms with Gasteiger partial charge in [0.05, 0.1) is 0 Å². The van der Waals surface area contributed by atoms with Gasteiger partial charge >= 0.3 is 0 Å². The molecule has 0 heterocycles. The van der Waals surface area contributed by atoms with Crippen molar-refractivity contribution in [2.45, 2.75) is 12.4 Å². The summed E-state index contributed by atoms with van der Waals surface area (Å²) in [6.07, 6.45) is 0. The van der Waals surface area contributed by atoms with Gasteiger partial charge in [0.1, 0.15) is 0 Å². The highest BCUT2D eigenvalue weighted by molar-refractivity contribution is 6.30. The lowest BCUT2D eigenvalue weighted by Crippen LogP contribution is -2.17. The van der Waals surface area contributed by atoms with Crippen LogP contribution in [-0.4, -0.2) is 7.05 Å². The second-order valence-electron chi connectivity index (χ2n) is 4.24. The Kier molecular flexibility index (Phi) is 4.51. The van der Waals surface area contributed by atoms with Crippen LogP contribution in [0.15, 0.2) is 48.5 Å². The maximum absolute atomic E-state index is 5.96. The Labute approximate surface area is 118 Å². The van der Waals surface area contributed by atoms with Crippen molar-refractivity contribution in [3.05, 3.63) is 64.7 Å². The molecule has 0 atom stereocenters. The monoisotopic (exact) mass is 279 g/mol. The normalized spacial score (nSPS) is 10.4. The van der Waals surface area contributed by atoms with Crippen LogP contribution < -0.4 is 4.90 Å². The fraction of sp³-hybridized carbons (Fsp3) is 0.200. The van der Waals surface area contributed by atoms with Gasteiger partial charge < -0.3 is 4.90 Å². The number of hydrogen-bond donors (Lipinski definition) is 0. The van der Waals surface area contributed by atoms with Crippen LogP contribution in [0.3, 0.4) is 0 Å². The average molecular weight is 280 g/mol. The van der Waals surface area contributed by atoms with Crippen LogP contribution in [0.4, 0.5) is 5.69 Å². The molecule has 0 saturated heterocycles. The molecule has 0 saturated carbocycles. The standard InChI is InChI=1S/C15H15Cl2N/c1-18(11-12-6-8-14(17)9-7-12)15-5-3-2-4-13(15)10-16/h2-9H,10-11H2,1H3. The van der Waals surface area contributed by atoms with E-state index in [-0.39, 0.29) is 0 Å². The van der Waals surface area contributed by atoms with E-state index in [4.69, 9.17) is 23.2 Å². The molecule has 0 N–H and O–H groups in total. The third-order valence-corrected chi connectivity index (χ3v) is 3.42. The maximum Gasteiger partial charge on any atom is 0.0494 e. The van der Waals surface area contributed by atoms with Crippen LogP contribution >= 0.6 is 23.2 Å². The van der Waals surface area contributed by atoms with Crippen LogP contribution in [-0.2, 0) is 12.4 Å². The minimum absolute atomic E-state index is 0.529. The zero-order valence-electron chi connectivity index (χ0n) is 10.2. The number of para-hydroxylation sites is 1. The molecular weight excluding hydrogens is 265 g/mol. The molecule has 0 aromatic heterocycles. The largest absolute Gasteiger partial charge is 0.370 e. The van der Waals surface area contributed by atoms with Crippen molar-refractivity contribution in [3.8, 4) is 0 Å². The van der Waals surface area contributed by atoms with Gasteiger partial charge in [0.2, 0.25) is 0 Å².